The fraction of sp³-hybridized carbons (Fsp3) is 0.750. The van der Waals surface area contributed by atoms with Gasteiger partial charge < -0.3 is 20.1 Å². The molecule has 2 unspecified atom stereocenters. The van der Waals surface area contributed by atoms with Crippen molar-refractivity contribution in [1.82, 2.24) is 0 Å². The van der Waals surface area contributed by atoms with Gasteiger partial charge in [0.05, 0.1) is 19.8 Å². The number of hydrogen-bond donors (Lipinski definition) is 2. The lowest BCUT2D eigenvalue weighted by Gasteiger charge is -2.20. The second-order valence-electron chi connectivity index (χ2n) is 13.8. The Hall–Kier alpha value is -1.80. The molecule has 0 aromatic carbocycles. The zero-order chi connectivity index (χ0) is 38.8. The van der Waals surface area contributed by atoms with Crippen LogP contribution in [0.4, 0.5) is 0 Å². The van der Waals surface area contributed by atoms with Crippen molar-refractivity contribution in [2.45, 2.75) is 180 Å². The van der Waals surface area contributed by atoms with E-state index >= 15 is 0 Å². The molecular weight excluding hydrogens is 685 g/mol. The van der Waals surface area contributed by atoms with Gasteiger partial charge in [-0.15, -0.1) is 0 Å². The van der Waals surface area contributed by atoms with Crippen LogP contribution in [0, 0.1) is 0 Å². The van der Waals surface area contributed by atoms with Crippen LogP contribution in [0.25, 0.3) is 0 Å². The normalized spacial score (nSPS) is 14.1. The molecule has 0 rings (SSSR count). The van der Waals surface area contributed by atoms with Crippen molar-refractivity contribution in [1.29, 1.82) is 0 Å². The van der Waals surface area contributed by atoms with Crippen LogP contribution in [0.1, 0.15) is 174 Å². The maximum atomic E-state index is 12.6. The van der Waals surface area contributed by atoms with Gasteiger partial charge in [-0.05, 0) is 77.0 Å². The van der Waals surface area contributed by atoms with Gasteiger partial charge in [0.15, 0.2) is 0 Å². The monoisotopic (exact) mass is 766 g/mol. The van der Waals surface area contributed by atoms with Crippen molar-refractivity contribution in [2.75, 3.05) is 33.0 Å². The summed E-state index contributed by atoms with van der Waals surface area (Å²) < 4.78 is 33.4. The molecule has 53 heavy (non-hydrogen) atoms. The Kier molecular flexibility index (Phi) is 40.0. The van der Waals surface area contributed by atoms with E-state index in [4.69, 9.17) is 24.3 Å². The summed E-state index contributed by atoms with van der Waals surface area (Å²) in [7, 11) is -4.28. The van der Waals surface area contributed by atoms with Gasteiger partial charge in [0, 0.05) is 19.6 Å². The van der Waals surface area contributed by atoms with Crippen LogP contribution in [0.2, 0.25) is 0 Å². The first-order valence-electron chi connectivity index (χ1n) is 21.3. The lowest BCUT2D eigenvalue weighted by Crippen LogP contribution is -2.28. The molecule has 0 radical (unpaired) electrons. The molecule has 0 saturated heterocycles. The number of nitrogens with two attached hydrogens (primary N) is 1. The van der Waals surface area contributed by atoms with Gasteiger partial charge in [-0.25, -0.2) is 4.57 Å². The summed E-state index contributed by atoms with van der Waals surface area (Å²) in [5.41, 5.74) is 5.37. The molecule has 0 aromatic heterocycles. The van der Waals surface area contributed by atoms with Gasteiger partial charge in [0.1, 0.15) is 6.10 Å². The van der Waals surface area contributed by atoms with E-state index in [9.17, 15) is 14.3 Å². The zero-order valence-corrected chi connectivity index (χ0v) is 34.9. The maximum Gasteiger partial charge on any atom is 0.472 e. The first kappa shape index (κ1) is 51.2. The molecule has 0 aliphatic rings. The van der Waals surface area contributed by atoms with Crippen LogP contribution in [0.15, 0.2) is 60.8 Å². The standard InChI is InChI=1S/C44H80NO7P/c1-3-5-7-9-11-13-15-17-19-21-23-25-27-29-31-33-35-37-44(46)52-43(42-51-53(47,48)50-40-38-45)41-49-39-36-34-32-30-28-26-24-22-20-18-16-14-12-10-8-6-4-2/h5,7,11,13-14,16-17,19-20,22,43H,3-4,6,8-10,12,15,18,21,23-42,45H2,1-2H3,(H,47,48)/b7-5-,13-11-,16-14-,19-17-,22-20-. The van der Waals surface area contributed by atoms with Crippen molar-refractivity contribution in [3.63, 3.8) is 0 Å². The number of rotatable bonds is 40. The number of carbonyl (C=O) groups excluding carboxylic acids is 1. The van der Waals surface area contributed by atoms with Gasteiger partial charge in [0.25, 0.3) is 0 Å². The van der Waals surface area contributed by atoms with Crippen molar-refractivity contribution in [2.24, 2.45) is 5.73 Å². The molecular formula is C44H80NO7P. The first-order valence-corrected chi connectivity index (χ1v) is 22.8. The molecule has 0 spiro atoms. The Morgan fingerprint density at radius 1 is 0.585 bits per heavy atom. The van der Waals surface area contributed by atoms with E-state index in [1.807, 2.05) is 0 Å². The van der Waals surface area contributed by atoms with Gasteiger partial charge in [0.2, 0.25) is 0 Å². The van der Waals surface area contributed by atoms with Crippen LogP contribution in [0.5, 0.6) is 0 Å². The predicted octanol–water partition coefficient (Wildman–Crippen LogP) is 12.6. The van der Waals surface area contributed by atoms with E-state index in [2.05, 4.69) is 74.6 Å². The van der Waals surface area contributed by atoms with Crippen LogP contribution >= 0.6 is 7.82 Å². The smallest absolute Gasteiger partial charge is 0.457 e. The van der Waals surface area contributed by atoms with Gasteiger partial charge in [-0.2, -0.15) is 0 Å². The number of esters is 1. The molecule has 0 amide bonds. The average Bonchev–Trinajstić information content (AvgIpc) is 3.15. The number of phosphoric ester groups is 1. The lowest BCUT2D eigenvalue weighted by molar-refractivity contribution is -0.154. The second-order valence-corrected chi connectivity index (χ2v) is 15.3. The van der Waals surface area contributed by atoms with Crippen molar-refractivity contribution in [3.8, 4) is 0 Å². The van der Waals surface area contributed by atoms with E-state index in [-0.39, 0.29) is 32.3 Å². The lowest BCUT2D eigenvalue weighted by atomic mass is 10.1. The topological polar surface area (TPSA) is 117 Å². The highest BCUT2D eigenvalue weighted by Gasteiger charge is 2.25. The van der Waals surface area contributed by atoms with Gasteiger partial charge >= 0.3 is 13.8 Å². The number of carbonyl (C=O) groups is 1. The molecule has 9 heteroatoms. The van der Waals surface area contributed by atoms with Crippen molar-refractivity contribution in [3.05, 3.63) is 60.8 Å². The summed E-state index contributed by atoms with van der Waals surface area (Å²) in [4.78, 5) is 22.5. The molecule has 8 nitrogen and oxygen atoms in total. The van der Waals surface area contributed by atoms with Crippen LogP contribution in [-0.4, -0.2) is 49.9 Å². The molecule has 0 heterocycles. The van der Waals surface area contributed by atoms with Crippen molar-refractivity contribution < 1.29 is 32.8 Å². The summed E-state index contributed by atoms with van der Waals surface area (Å²) in [5, 5.41) is 0. The average molecular weight is 766 g/mol. The summed E-state index contributed by atoms with van der Waals surface area (Å²) in [6, 6.07) is 0. The van der Waals surface area contributed by atoms with E-state index in [0.29, 0.717) is 13.0 Å². The molecule has 0 aliphatic carbocycles. The van der Waals surface area contributed by atoms with Gasteiger partial charge in [-0.3, -0.25) is 13.8 Å². The fourth-order valence-corrected chi connectivity index (χ4v) is 6.33. The third-order valence-corrected chi connectivity index (χ3v) is 9.65. The highest BCUT2D eigenvalue weighted by molar-refractivity contribution is 7.47. The largest absolute Gasteiger partial charge is 0.472 e. The Bertz CT molecular complexity index is 994. The third-order valence-electron chi connectivity index (χ3n) is 8.67. The Morgan fingerprint density at radius 3 is 1.58 bits per heavy atom. The molecule has 3 N–H and O–H groups in total. The molecule has 0 fully saturated rings. The molecule has 2 atom stereocenters. The minimum absolute atomic E-state index is 0.0941. The SMILES string of the molecule is CC/C=C\C/C=C\C/C=C\CCCCCCCCCC(=O)OC(COCCCCCCCC/C=C\C/C=C\CCCCCC)COP(=O)(O)OCCN. The summed E-state index contributed by atoms with van der Waals surface area (Å²) in [5.74, 6) is -0.346. The Labute approximate surface area is 325 Å². The van der Waals surface area contributed by atoms with E-state index in [1.54, 1.807) is 0 Å². The Morgan fingerprint density at radius 2 is 1.06 bits per heavy atom. The predicted molar refractivity (Wildman–Crippen MR) is 224 cm³/mol. The van der Waals surface area contributed by atoms with Gasteiger partial charge in [-0.1, -0.05) is 152 Å². The molecule has 0 saturated carbocycles. The number of phosphoric acid groups is 1. The number of allylic oxidation sites excluding steroid dienone is 10. The van der Waals surface area contributed by atoms with Crippen molar-refractivity contribution >= 4 is 13.8 Å². The van der Waals surface area contributed by atoms with Crippen LogP contribution in [0.3, 0.4) is 0 Å². The quantitative estimate of drug-likeness (QED) is 0.0274. The van der Waals surface area contributed by atoms with Crippen LogP contribution in [-0.2, 0) is 27.9 Å². The molecule has 308 valence electrons. The van der Waals surface area contributed by atoms with E-state index in [0.717, 1.165) is 77.0 Å². The number of ether oxygens (including phenoxy) is 2. The second kappa shape index (κ2) is 41.4. The molecule has 0 aromatic rings. The summed E-state index contributed by atoms with van der Waals surface area (Å²) in [6.45, 7) is 4.75. The first-order chi connectivity index (χ1) is 25.9. The molecule has 0 bridgehead atoms. The Balaban J connectivity index is 4.09. The highest BCUT2D eigenvalue weighted by atomic mass is 31.2. The number of unbranched alkanes of at least 4 members (excludes halogenated alkanes) is 17. The number of hydrogen-bond acceptors (Lipinski definition) is 7. The van der Waals surface area contributed by atoms with E-state index < -0.39 is 13.9 Å². The fourth-order valence-electron chi connectivity index (χ4n) is 5.57. The minimum Gasteiger partial charge on any atom is -0.457 e. The summed E-state index contributed by atoms with van der Waals surface area (Å²) >= 11 is 0. The highest BCUT2D eigenvalue weighted by Crippen LogP contribution is 2.43. The minimum atomic E-state index is -4.28. The third kappa shape index (κ3) is 41.2. The van der Waals surface area contributed by atoms with E-state index in [1.165, 1.54) is 77.0 Å². The molecule has 0 aliphatic heterocycles. The zero-order valence-electron chi connectivity index (χ0n) is 34.0. The van der Waals surface area contributed by atoms with Crippen LogP contribution < -0.4 is 5.73 Å². The summed E-state index contributed by atoms with van der Waals surface area (Å²) in [6.07, 6.45) is 49.5. The maximum absolute atomic E-state index is 12.6.